The molecule has 0 aliphatic heterocycles. The molecule has 0 saturated carbocycles. The molecule has 3 aromatic carbocycles. The second-order valence-corrected chi connectivity index (χ2v) is 6.04. The third-order valence-corrected chi connectivity index (χ3v) is 4.16. The van der Waals surface area contributed by atoms with Crippen LogP contribution < -0.4 is 5.56 Å². The molecule has 0 unspecified atom stereocenters. The molecule has 0 saturated heterocycles. The standard InChI is InChI=1S/C22H15FN2O2/c23-16-6-3-5-15(13-16)11-12-21-24-20-10-2-1-9-19(20)22(27)25(21)17-7-4-8-18(26)14-17/h1-14,26H. The lowest BCUT2D eigenvalue weighted by Gasteiger charge is -2.11. The van der Waals surface area contributed by atoms with E-state index in [1.165, 1.54) is 28.8 Å². The van der Waals surface area contributed by atoms with E-state index < -0.39 is 0 Å². The van der Waals surface area contributed by atoms with E-state index in [9.17, 15) is 14.3 Å². The molecule has 4 aromatic rings. The molecule has 1 aromatic heterocycles. The molecule has 0 aliphatic rings. The number of nitrogens with zero attached hydrogens (tertiary/aromatic N) is 2. The van der Waals surface area contributed by atoms with Crippen LogP contribution in [0.1, 0.15) is 11.4 Å². The smallest absolute Gasteiger partial charge is 0.266 e. The van der Waals surface area contributed by atoms with E-state index in [1.54, 1.807) is 54.6 Å². The largest absolute Gasteiger partial charge is 0.508 e. The number of fused-ring (bicyclic) bond motifs is 1. The zero-order chi connectivity index (χ0) is 18.8. The molecule has 0 bridgehead atoms. The highest BCUT2D eigenvalue weighted by Crippen LogP contribution is 2.18. The number of benzene rings is 3. The van der Waals surface area contributed by atoms with Gasteiger partial charge in [-0.3, -0.25) is 9.36 Å². The summed E-state index contributed by atoms with van der Waals surface area (Å²) in [4.78, 5) is 17.7. The van der Waals surface area contributed by atoms with Crippen molar-refractivity contribution in [3.63, 3.8) is 0 Å². The minimum Gasteiger partial charge on any atom is -0.508 e. The summed E-state index contributed by atoms with van der Waals surface area (Å²) >= 11 is 0. The third-order valence-electron chi connectivity index (χ3n) is 4.16. The molecule has 0 atom stereocenters. The molecule has 0 fully saturated rings. The van der Waals surface area contributed by atoms with E-state index in [0.717, 1.165) is 0 Å². The molecule has 0 spiro atoms. The van der Waals surface area contributed by atoms with Crippen LogP contribution >= 0.6 is 0 Å². The number of rotatable bonds is 3. The zero-order valence-corrected chi connectivity index (χ0v) is 14.2. The molecule has 1 heterocycles. The van der Waals surface area contributed by atoms with Crippen LogP contribution in [0.25, 0.3) is 28.7 Å². The summed E-state index contributed by atoms with van der Waals surface area (Å²) in [5, 5.41) is 10.3. The van der Waals surface area contributed by atoms with Crippen molar-refractivity contribution in [2.45, 2.75) is 0 Å². The first-order valence-corrected chi connectivity index (χ1v) is 8.37. The van der Waals surface area contributed by atoms with Crippen LogP contribution in [0.4, 0.5) is 4.39 Å². The molecule has 27 heavy (non-hydrogen) atoms. The monoisotopic (exact) mass is 358 g/mol. The van der Waals surface area contributed by atoms with Gasteiger partial charge in [0.1, 0.15) is 17.4 Å². The van der Waals surface area contributed by atoms with E-state index in [-0.39, 0.29) is 17.1 Å². The zero-order valence-electron chi connectivity index (χ0n) is 14.2. The predicted molar refractivity (Wildman–Crippen MR) is 104 cm³/mol. The summed E-state index contributed by atoms with van der Waals surface area (Å²) in [6.45, 7) is 0. The number of phenols is 1. The Kier molecular flexibility index (Phi) is 4.26. The molecular weight excluding hydrogens is 343 g/mol. The first-order valence-electron chi connectivity index (χ1n) is 8.37. The van der Waals surface area contributed by atoms with Gasteiger partial charge in [-0.2, -0.15) is 0 Å². The summed E-state index contributed by atoms with van der Waals surface area (Å²) in [5.74, 6) is 0.0928. The van der Waals surface area contributed by atoms with Crippen LogP contribution in [-0.4, -0.2) is 14.7 Å². The SMILES string of the molecule is O=c1c2ccccc2nc(C=Cc2cccc(F)c2)n1-c1cccc(O)c1. The Morgan fingerprint density at radius 2 is 1.74 bits per heavy atom. The van der Waals surface area contributed by atoms with E-state index in [4.69, 9.17) is 0 Å². The third kappa shape index (κ3) is 3.35. The van der Waals surface area contributed by atoms with Crippen molar-refractivity contribution in [2.24, 2.45) is 0 Å². The summed E-state index contributed by atoms with van der Waals surface area (Å²) in [6.07, 6.45) is 3.35. The fourth-order valence-corrected chi connectivity index (χ4v) is 2.92. The average molecular weight is 358 g/mol. The van der Waals surface area contributed by atoms with E-state index >= 15 is 0 Å². The Labute approximate surface area is 154 Å². The average Bonchev–Trinajstić information content (AvgIpc) is 2.66. The van der Waals surface area contributed by atoms with E-state index in [2.05, 4.69) is 4.98 Å². The van der Waals surface area contributed by atoms with Crippen LogP contribution in [0.2, 0.25) is 0 Å². The van der Waals surface area contributed by atoms with Crippen molar-refractivity contribution >= 4 is 23.1 Å². The lowest BCUT2D eigenvalue weighted by molar-refractivity contribution is 0.475. The fourth-order valence-electron chi connectivity index (χ4n) is 2.92. The first-order chi connectivity index (χ1) is 13.1. The van der Waals surface area contributed by atoms with Gasteiger partial charge >= 0.3 is 0 Å². The van der Waals surface area contributed by atoms with Crippen LogP contribution in [0, 0.1) is 5.82 Å². The number of halogens is 1. The molecule has 0 radical (unpaired) electrons. The Balaban J connectivity index is 1.95. The maximum absolute atomic E-state index is 13.4. The van der Waals surface area contributed by atoms with Gasteiger partial charge in [-0.05, 0) is 48.0 Å². The number of phenolic OH excluding ortho intramolecular Hbond substituents is 1. The highest BCUT2D eigenvalue weighted by Gasteiger charge is 2.11. The van der Waals surface area contributed by atoms with Gasteiger partial charge in [0.05, 0.1) is 16.6 Å². The number of aromatic hydroxyl groups is 1. The van der Waals surface area contributed by atoms with Gasteiger partial charge in [-0.25, -0.2) is 9.37 Å². The second kappa shape index (κ2) is 6.88. The Morgan fingerprint density at radius 1 is 0.926 bits per heavy atom. The number of hydrogen-bond acceptors (Lipinski definition) is 3. The molecule has 0 aliphatic carbocycles. The summed E-state index contributed by atoms with van der Waals surface area (Å²) in [7, 11) is 0. The molecule has 1 N–H and O–H groups in total. The fraction of sp³-hybridized carbons (Fsp3) is 0. The Morgan fingerprint density at radius 3 is 2.56 bits per heavy atom. The molecule has 132 valence electrons. The Hall–Kier alpha value is -3.73. The number of hydrogen-bond donors (Lipinski definition) is 1. The van der Waals surface area contributed by atoms with Crippen molar-refractivity contribution in [1.82, 2.24) is 9.55 Å². The van der Waals surface area contributed by atoms with E-state index in [1.807, 2.05) is 6.07 Å². The number of aromatic nitrogens is 2. The first kappa shape index (κ1) is 16.7. The van der Waals surface area contributed by atoms with Gasteiger partial charge in [0.2, 0.25) is 0 Å². The van der Waals surface area contributed by atoms with Crippen molar-refractivity contribution < 1.29 is 9.50 Å². The predicted octanol–water partition coefficient (Wildman–Crippen LogP) is 4.40. The Bertz CT molecular complexity index is 1230. The van der Waals surface area contributed by atoms with Crippen LogP contribution in [0.3, 0.4) is 0 Å². The molecule has 4 rings (SSSR count). The van der Waals surface area contributed by atoms with Crippen LogP contribution in [0.15, 0.2) is 77.6 Å². The maximum atomic E-state index is 13.4. The van der Waals surface area contributed by atoms with Crippen molar-refractivity contribution in [3.8, 4) is 11.4 Å². The highest BCUT2D eigenvalue weighted by atomic mass is 19.1. The van der Waals surface area contributed by atoms with Gasteiger partial charge in [0, 0.05) is 6.07 Å². The van der Waals surface area contributed by atoms with Gasteiger partial charge in [-0.1, -0.05) is 36.4 Å². The van der Waals surface area contributed by atoms with Gasteiger partial charge < -0.3 is 5.11 Å². The lowest BCUT2D eigenvalue weighted by atomic mass is 10.2. The molecular formula is C22H15FN2O2. The van der Waals surface area contributed by atoms with Crippen molar-refractivity contribution in [2.75, 3.05) is 0 Å². The minimum atomic E-state index is -0.339. The van der Waals surface area contributed by atoms with Gasteiger partial charge in [-0.15, -0.1) is 0 Å². The molecule has 5 heteroatoms. The van der Waals surface area contributed by atoms with E-state index in [0.29, 0.717) is 28.0 Å². The minimum absolute atomic E-state index is 0.0487. The highest BCUT2D eigenvalue weighted by molar-refractivity contribution is 5.80. The maximum Gasteiger partial charge on any atom is 0.266 e. The van der Waals surface area contributed by atoms with Crippen LogP contribution in [0.5, 0.6) is 5.75 Å². The number of para-hydroxylation sites is 1. The van der Waals surface area contributed by atoms with Crippen LogP contribution in [-0.2, 0) is 0 Å². The molecule has 0 amide bonds. The lowest BCUT2D eigenvalue weighted by Crippen LogP contribution is -2.22. The summed E-state index contributed by atoms with van der Waals surface area (Å²) in [5.41, 5.74) is 1.47. The quantitative estimate of drug-likeness (QED) is 0.590. The second-order valence-electron chi connectivity index (χ2n) is 6.04. The summed E-state index contributed by atoms with van der Waals surface area (Å²) in [6, 6.07) is 19.6. The topological polar surface area (TPSA) is 55.1 Å². The van der Waals surface area contributed by atoms with Crippen molar-refractivity contribution in [3.05, 3.63) is 100 Å². The van der Waals surface area contributed by atoms with Gasteiger partial charge in [0.15, 0.2) is 0 Å². The normalized spacial score (nSPS) is 11.3. The molecule has 4 nitrogen and oxygen atoms in total. The van der Waals surface area contributed by atoms with Crippen molar-refractivity contribution in [1.29, 1.82) is 0 Å². The summed E-state index contributed by atoms with van der Waals surface area (Å²) < 4.78 is 14.8. The van der Waals surface area contributed by atoms with Gasteiger partial charge in [0.25, 0.3) is 5.56 Å².